The van der Waals surface area contributed by atoms with Crippen LogP contribution in [-0.2, 0) is 31.9 Å². The molecule has 0 fully saturated rings. The van der Waals surface area contributed by atoms with Gasteiger partial charge in [0.05, 0.1) is 19.3 Å². The lowest BCUT2D eigenvalue weighted by molar-refractivity contribution is -0.136. The number of methoxy groups -OCH3 is 2. The van der Waals surface area contributed by atoms with E-state index in [1.165, 1.54) is 25.6 Å². The zero-order valence-corrected chi connectivity index (χ0v) is 14.0. The first-order valence-corrected chi connectivity index (χ1v) is 8.21. The average molecular weight is 340 g/mol. The van der Waals surface area contributed by atoms with Gasteiger partial charge in [-0.3, -0.25) is 9.59 Å². The molecule has 1 aliphatic rings. The fourth-order valence-corrected chi connectivity index (χ4v) is 3.75. The van der Waals surface area contributed by atoms with E-state index in [2.05, 4.69) is 10.6 Å². The second kappa shape index (κ2) is 8.07. The molecule has 7 nitrogen and oxygen atoms in total. The van der Waals surface area contributed by atoms with Crippen molar-refractivity contribution in [3.05, 3.63) is 16.0 Å². The first-order chi connectivity index (χ1) is 11.1. The van der Waals surface area contributed by atoms with E-state index in [1.807, 2.05) is 0 Å². The summed E-state index contributed by atoms with van der Waals surface area (Å²) < 4.78 is 9.63. The minimum Gasteiger partial charge on any atom is -0.465 e. The zero-order valence-electron chi connectivity index (χ0n) is 13.2. The number of carbonyl (C=O) groups excluding carboxylic acids is 3. The molecule has 126 valence electrons. The van der Waals surface area contributed by atoms with Gasteiger partial charge in [-0.25, -0.2) is 4.79 Å². The highest BCUT2D eigenvalue weighted by Gasteiger charge is 2.28. The van der Waals surface area contributed by atoms with Gasteiger partial charge in [-0.15, -0.1) is 11.3 Å². The van der Waals surface area contributed by atoms with E-state index in [9.17, 15) is 14.4 Å². The Hall–Kier alpha value is -1.93. The molecule has 23 heavy (non-hydrogen) atoms. The van der Waals surface area contributed by atoms with Crippen molar-refractivity contribution >= 4 is 34.1 Å². The number of rotatable bonds is 5. The standard InChI is InChI=1S/C15H20N2O5S/c1-21-8-7-16-12(18)13(19)17-14-11(15(20)22-2)9-5-3-4-6-10(9)23-14/h3-8H2,1-2H3,(H,16,18)(H,17,19). The van der Waals surface area contributed by atoms with Crippen molar-refractivity contribution in [2.24, 2.45) is 0 Å². The Balaban J connectivity index is 2.15. The number of fused-ring (bicyclic) bond motifs is 1. The summed E-state index contributed by atoms with van der Waals surface area (Å²) in [7, 11) is 2.81. The minimum absolute atomic E-state index is 0.244. The molecule has 0 atom stereocenters. The molecule has 0 unspecified atom stereocenters. The third kappa shape index (κ3) is 4.08. The number of thiophene rings is 1. The van der Waals surface area contributed by atoms with Crippen molar-refractivity contribution in [3.63, 3.8) is 0 Å². The van der Waals surface area contributed by atoms with Crippen LogP contribution in [0.1, 0.15) is 33.6 Å². The van der Waals surface area contributed by atoms with E-state index in [1.54, 1.807) is 0 Å². The number of esters is 1. The van der Waals surface area contributed by atoms with Gasteiger partial charge < -0.3 is 20.1 Å². The molecule has 1 aromatic heterocycles. The largest absolute Gasteiger partial charge is 0.465 e. The predicted octanol–water partition coefficient (Wildman–Crippen LogP) is 1.11. The molecule has 1 aliphatic carbocycles. The third-order valence-corrected chi connectivity index (χ3v) is 4.79. The lowest BCUT2D eigenvalue weighted by atomic mass is 9.95. The summed E-state index contributed by atoms with van der Waals surface area (Å²) in [6.07, 6.45) is 3.71. The van der Waals surface area contributed by atoms with Gasteiger partial charge in [0.15, 0.2) is 0 Å². The van der Waals surface area contributed by atoms with Crippen LogP contribution in [0.15, 0.2) is 0 Å². The van der Waals surface area contributed by atoms with Gasteiger partial charge >= 0.3 is 17.8 Å². The first kappa shape index (κ1) is 17.4. The molecule has 2 rings (SSSR count). The SMILES string of the molecule is COCCNC(=O)C(=O)Nc1sc2c(c1C(=O)OC)CCCC2. The second-order valence-corrected chi connectivity index (χ2v) is 6.21. The molecule has 2 amide bonds. The summed E-state index contributed by atoms with van der Waals surface area (Å²) in [4.78, 5) is 36.8. The van der Waals surface area contributed by atoms with Crippen molar-refractivity contribution in [1.82, 2.24) is 5.32 Å². The molecule has 1 heterocycles. The number of aryl methyl sites for hydroxylation is 1. The average Bonchev–Trinajstić information content (AvgIpc) is 2.92. The lowest BCUT2D eigenvalue weighted by Crippen LogP contribution is -2.37. The summed E-state index contributed by atoms with van der Waals surface area (Å²) in [6, 6.07) is 0. The van der Waals surface area contributed by atoms with Gasteiger partial charge in [-0.2, -0.15) is 0 Å². The first-order valence-electron chi connectivity index (χ1n) is 7.39. The fraction of sp³-hybridized carbons (Fsp3) is 0.533. The van der Waals surface area contributed by atoms with Crippen LogP contribution in [0.2, 0.25) is 0 Å². The quantitative estimate of drug-likeness (QED) is 0.476. The summed E-state index contributed by atoms with van der Waals surface area (Å²) >= 11 is 1.34. The predicted molar refractivity (Wildman–Crippen MR) is 85.8 cm³/mol. The molecule has 0 saturated heterocycles. The summed E-state index contributed by atoms with van der Waals surface area (Å²) in [5.74, 6) is -2.05. The minimum atomic E-state index is -0.801. The van der Waals surface area contributed by atoms with Gasteiger partial charge in [-0.05, 0) is 31.2 Å². The maximum Gasteiger partial charge on any atom is 0.341 e. The number of ether oxygens (including phenoxy) is 2. The molecule has 1 aromatic rings. The second-order valence-electron chi connectivity index (χ2n) is 5.11. The van der Waals surface area contributed by atoms with Crippen LogP contribution in [-0.4, -0.2) is 45.2 Å². The normalized spacial score (nSPS) is 13.1. The van der Waals surface area contributed by atoms with Crippen LogP contribution < -0.4 is 10.6 Å². The Morgan fingerprint density at radius 2 is 1.87 bits per heavy atom. The van der Waals surface area contributed by atoms with Crippen LogP contribution >= 0.6 is 11.3 Å². The third-order valence-electron chi connectivity index (χ3n) is 3.59. The van der Waals surface area contributed by atoms with Crippen molar-refractivity contribution < 1.29 is 23.9 Å². The molecular formula is C15H20N2O5S. The smallest absolute Gasteiger partial charge is 0.341 e. The Bertz CT molecular complexity index is 611. The Morgan fingerprint density at radius 1 is 1.13 bits per heavy atom. The summed E-state index contributed by atoms with van der Waals surface area (Å²) in [5, 5.41) is 5.36. The number of anilines is 1. The molecular weight excluding hydrogens is 320 g/mol. The van der Waals surface area contributed by atoms with E-state index in [4.69, 9.17) is 9.47 Å². The van der Waals surface area contributed by atoms with Crippen molar-refractivity contribution in [2.45, 2.75) is 25.7 Å². The molecule has 2 N–H and O–H groups in total. The van der Waals surface area contributed by atoms with Gasteiger partial charge in [-0.1, -0.05) is 0 Å². The molecule has 0 radical (unpaired) electrons. The Kier molecular flexibility index (Phi) is 6.12. The maximum atomic E-state index is 12.0. The number of hydrogen-bond acceptors (Lipinski definition) is 6. The number of amides is 2. The van der Waals surface area contributed by atoms with Crippen molar-refractivity contribution in [3.8, 4) is 0 Å². The maximum absolute atomic E-state index is 12.0. The van der Waals surface area contributed by atoms with Crippen LogP contribution in [0.5, 0.6) is 0 Å². The van der Waals surface area contributed by atoms with Crippen molar-refractivity contribution in [1.29, 1.82) is 0 Å². The van der Waals surface area contributed by atoms with E-state index in [0.29, 0.717) is 17.2 Å². The van der Waals surface area contributed by atoms with Crippen LogP contribution in [0.4, 0.5) is 5.00 Å². The summed E-state index contributed by atoms with van der Waals surface area (Å²) in [6.45, 7) is 0.563. The highest BCUT2D eigenvalue weighted by molar-refractivity contribution is 7.17. The molecule has 8 heteroatoms. The Labute approximate surface area is 138 Å². The van der Waals surface area contributed by atoms with Crippen LogP contribution in [0, 0.1) is 0 Å². The van der Waals surface area contributed by atoms with E-state index < -0.39 is 17.8 Å². The van der Waals surface area contributed by atoms with E-state index in [-0.39, 0.29) is 6.54 Å². The van der Waals surface area contributed by atoms with Gasteiger partial charge in [0.25, 0.3) is 0 Å². The number of carbonyl (C=O) groups is 3. The topological polar surface area (TPSA) is 93.7 Å². The molecule has 0 bridgehead atoms. The Morgan fingerprint density at radius 3 is 2.57 bits per heavy atom. The zero-order chi connectivity index (χ0) is 16.8. The molecule has 0 aliphatic heterocycles. The monoisotopic (exact) mass is 340 g/mol. The van der Waals surface area contributed by atoms with Crippen LogP contribution in [0.3, 0.4) is 0 Å². The van der Waals surface area contributed by atoms with Gasteiger partial charge in [0.2, 0.25) is 0 Å². The summed E-state index contributed by atoms with van der Waals surface area (Å²) in [5.41, 5.74) is 1.31. The lowest BCUT2D eigenvalue weighted by Gasteiger charge is -2.11. The molecule has 0 aromatic carbocycles. The van der Waals surface area contributed by atoms with Gasteiger partial charge in [0, 0.05) is 18.5 Å². The number of hydrogen-bond donors (Lipinski definition) is 2. The number of nitrogens with one attached hydrogen (secondary N) is 2. The highest BCUT2D eigenvalue weighted by atomic mass is 32.1. The molecule has 0 spiro atoms. The van der Waals surface area contributed by atoms with Crippen LogP contribution in [0.25, 0.3) is 0 Å². The fourth-order valence-electron chi connectivity index (χ4n) is 2.48. The highest BCUT2D eigenvalue weighted by Crippen LogP contribution is 2.38. The van der Waals surface area contributed by atoms with Crippen molar-refractivity contribution in [2.75, 3.05) is 32.7 Å². The van der Waals surface area contributed by atoms with E-state index >= 15 is 0 Å². The molecule has 0 saturated carbocycles. The van der Waals surface area contributed by atoms with E-state index in [0.717, 1.165) is 36.1 Å². The van der Waals surface area contributed by atoms with Gasteiger partial charge in [0.1, 0.15) is 5.00 Å².